The summed E-state index contributed by atoms with van der Waals surface area (Å²) in [5.41, 5.74) is 5.88. The summed E-state index contributed by atoms with van der Waals surface area (Å²) >= 11 is 0. The number of ether oxygens (including phenoxy) is 1. The van der Waals surface area contributed by atoms with Crippen LogP contribution in [0.3, 0.4) is 0 Å². The average Bonchev–Trinajstić information content (AvgIpc) is 2.59. The molecule has 0 N–H and O–H groups in total. The number of benzene rings is 3. The highest BCUT2D eigenvalue weighted by Crippen LogP contribution is 2.36. The molecule has 0 radical (unpaired) electrons. The van der Waals surface area contributed by atoms with Crippen LogP contribution in [0.15, 0.2) is 72.8 Å². The highest BCUT2D eigenvalue weighted by atomic mass is 16.5. The Balaban J connectivity index is 2.09. The second-order valence-electron chi connectivity index (χ2n) is 5.94. The van der Waals surface area contributed by atoms with E-state index in [2.05, 4.69) is 79.4 Å². The summed E-state index contributed by atoms with van der Waals surface area (Å²) in [6, 6.07) is 25.4. The van der Waals surface area contributed by atoms with Crippen molar-refractivity contribution in [2.24, 2.45) is 0 Å². The van der Waals surface area contributed by atoms with Crippen LogP contribution in [0.25, 0.3) is 0 Å². The molecule has 0 aliphatic heterocycles. The van der Waals surface area contributed by atoms with Crippen molar-refractivity contribution in [1.29, 1.82) is 0 Å². The molecule has 0 spiro atoms. The van der Waals surface area contributed by atoms with Crippen LogP contribution in [-0.4, -0.2) is 6.61 Å². The van der Waals surface area contributed by atoms with Crippen LogP contribution in [0.5, 0.6) is 5.75 Å². The molecular weight excluding hydrogens is 294 g/mol. The number of rotatable bonds is 5. The van der Waals surface area contributed by atoms with Gasteiger partial charge in [-0.2, -0.15) is 0 Å². The van der Waals surface area contributed by atoms with Gasteiger partial charge in [0.2, 0.25) is 0 Å². The van der Waals surface area contributed by atoms with Crippen molar-refractivity contribution in [3.8, 4) is 5.75 Å². The molecule has 0 unspecified atom stereocenters. The first kappa shape index (κ1) is 16.1. The van der Waals surface area contributed by atoms with Gasteiger partial charge in [-0.1, -0.05) is 41.5 Å². The van der Waals surface area contributed by atoms with Gasteiger partial charge in [0, 0.05) is 23.1 Å². The number of aryl methyl sites for hydroxylation is 2. The van der Waals surface area contributed by atoms with E-state index >= 15 is 0 Å². The zero-order chi connectivity index (χ0) is 16.9. The first-order valence-corrected chi connectivity index (χ1v) is 8.33. The fourth-order valence-corrected chi connectivity index (χ4v) is 2.71. The molecule has 0 fully saturated rings. The molecule has 2 heteroatoms. The third-order valence-corrected chi connectivity index (χ3v) is 3.97. The van der Waals surface area contributed by atoms with Crippen LogP contribution >= 0.6 is 0 Å². The van der Waals surface area contributed by atoms with Crippen molar-refractivity contribution in [1.82, 2.24) is 0 Å². The summed E-state index contributed by atoms with van der Waals surface area (Å²) < 4.78 is 5.68. The minimum absolute atomic E-state index is 0.665. The lowest BCUT2D eigenvalue weighted by atomic mass is 10.1. The Morgan fingerprint density at radius 2 is 1.25 bits per heavy atom. The highest BCUT2D eigenvalue weighted by molar-refractivity contribution is 5.77. The summed E-state index contributed by atoms with van der Waals surface area (Å²) in [4.78, 5) is 2.25. The van der Waals surface area contributed by atoms with Gasteiger partial charge in [0.1, 0.15) is 5.75 Å². The van der Waals surface area contributed by atoms with E-state index in [1.54, 1.807) is 0 Å². The standard InChI is InChI=1S/C22H23NO/c1-4-24-22-7-5-6-21(16-22)23(19-12-8-17(2)9-13-19)20-14-10-18(3)11-15-20/h5-16H,4H2,1-3H3. The maximum absolute atomic E-state index is 5.68. The molecule has 0 bridgehead atoms. The molecule has 0 heterocycles. The van der Waals surface area contributed by atoms with E-state index in [0.29, 0.717) is 6.61 Å². The van der Waals surface area contributed by atoms with Gasteiger partial charge in [0.25, 0.3) is 0 Å². The van der Waals surface area contributed by atoms with Crippen molar-refractivity contribution < 1.29 is 4.74 Å². The van der Waals surface area contributed by atoms with Crippen LogP contribution < -0.4 is 9.64 Å². The van der Waals surface area contributed by atoms with Gasteiger partial charge in [-0.15, -0.1) is 0 Å². The van der Waals surface area contributed by atoms with Gasteiger partial charge in [-0.25, -0.2) is 0 Å². The molecule has 0 aliphatic rings. The smallest absolute Gasteiger partial charge is 0.121 e. The van der Waals surface area contributed by atoms with E-state index in [1.807, 2.05) is 19.1 Å². The molecule has 0 aliphatic carbocycles. The van der Waals surface area contributed by atoms with Crippen LogP contribution in [0, 0.1) is 13.8 Å². The fourth-order valence-electron chi connectivity index (χ4n) is 2.71. The van der Waals surface area contributed by atoms with Crippen LogP contribution in [0.1, 0.15) is 18.1 Å². The lowest BCUT2D eigenvalue weighted by Gasteiger charge is -2.26. The van der Waals surface area contributed by atoms with Crippen LogP contribution in [0.4, 0.5) is 17.1 Å². The molecule has 0 atom stereocenters. The van der Waals surface area contributed by atoms with Gasteiger partial charge in [0.15, 0.2) is 0 Å². The first-order valence-electron chi connectivity index (χ1n) is 8.33. The molecule has 3 rings (SSSR count). The number of nitrogens with zero attached hydrogens (tertiary/aromatic N) is 1. The van der Waals surface area contributed by atoms with Gasteiger partial charge >= 0.3 is 0 Å². The minimum Gasteiger partial charge on any atom is -0.494 e. The Bertz CT molecular complexity index is 745. The highest BCUT2D eigenvalue weighted by Gasteiger charge is 2.12. The summed E-state index contributed by atoms with van der Waals surface area (Å²) in [5, 5.41) is 0. The first-order chi connectivity index (χ1) is 11.7. The number of hydrogen-bond acceptors (Lipinski definition) is 2. The van der Waals surface area contributed by atoms with Crippen molar-refractivity contribution in [2.45, 2.75) is 20.8 Å². The van der Waals surface area contributed by atoms with Gasteiger partial charge in [0.05, 0.1) is 6.61 Å². The van der Waals surface area contributed by atoms with Crippen molar-refractivity contribution >= 4 is 17.1 Å². The van der Waals surface area contributed by atoms with Crippen molar-refractivity contribution in [3.63, 3.8) is 0 Å². The van der Waals surface area contributed by atoms with E-state index < -0.39 is 0 Å². The Hall–Kier alpha value is -2.74. The number of hydrogen-bond donors (Lipinski definition) is 0. The lowest BCUT2D eigenvalue weighted by Crippen LogP contribution is -2.10. The normalized spacial score (nSPS) is 10.5. The van der Waals surface area contributed by atoms with Crippen molar-refractivity contribution in [3.05, 3.63) is 83.9 Å². The molecule has 122 valence electrons. The third-order valence-electron chi connectivity index (χ3n) is 3.97. The third kappa shape index (κ3) is 3.60. The number of anilines is 3. The molecule has 2 nitrogen and oxygen atoms in total. The second kappa shape index (κ2) is 7.22. The predicted octanol–water partition coefficient (Wildman–Crippen LogP) is 6.17. The average molecular weight is 317 g/mol. The fraction of sp³-hybridized carbons (Fsp3) is 0.182. The molecule has 24 heavy (non-hydrogen) atoms. The second-order valence-corrected chi connectivity index (χ2v) is 5.94. The van der Waals surface area contributed by atoms with Gasteiger partial charge in [-0.3, -0.25) is 0 Å². The minimum atomic E-state index is 0.665. The van der Waals surface area contributed by atoms with Crippen LogP contribution in [-0.2, 0) is 0 Å². The largest absolute Gasteiger partial charge is 0.494 e. The Morgan fingerprint density at radius 1 is 0.708 bits per heavy atom. The lowest BCUT2D eigenvalue weighted by molar-refractivity contribution is 0.340. The Labute approximate surface area is 144 Å². The molecular formula is C22H23NO. The summed E-state index contributed by atoms with van der Waals surface area (Å²) in [7, 11) is 0. The zero-order valence-electron chi connectivity index (χ0n) is 14.5. The van der Waals surface area contributed by atoms with E-state index in [-0.39, 0.29) is 0 Å². The quantitative estimate of drug-likeness (QED) is 0.558. The molecule has 3 aromatic carbocycles. The maximum atomic E-state index is 5.68. The van der Waals surface area contributed by atoms with E-state index in [9.17, 15) is 0 Å². The molecule has 0 saturated carbocycles. The maximum Gasteiger partial charge on any atom is 0.121 e. The topological polar surface area (TPSA) is 12.5 Å². The van der Waals surface area contributed by atoms with E-state index in [1.165, 1.54) is 11.1 Å². The summed E-state index contributed by atoms with van der Waals surface area (Å²) in [6.07, 6.45) is 0. The molecule has 0 saturated heterocycles. The van der Waals surface area contributed by atoms with Crippen LogP contribution in [0.2, 0.25) is 0 Å². The molecule has 3 aromatic rings. The monoisotopic (exact) mass is 317 g/mol. The van der Waals surface area contributed by atoms with Gasteiger partial charge < -0.3 is 9.64 Å². The molecule has 0 aromatic heterocycles. The SMILES string of the molecule is CCOc1cccc(N(c2ccc(C)cc2)c2ccc(C)cc2)c1. The van der Waals surface area contributed by atoms with E-state index in [0.717, 1.165) is 22.8 Å². The van der Waals surface area contributed by atoms with E-state index in [4.69, 9.17) is 4.74 Å². The van der Waals surface area contributed by atoms with Gasteiger partial charge in [-0.05, 0) is 57.2 Å². The summed E-state index contributed by atoms with van der Waals surface area (Å²) in [5.74, 6) is 0.888. The molecule has 0 amide bonds. The zero-order valence-corrected chi connectivity index (χ0v) is 14.5. The Morgan fingerprint density at radius 3 is 1.75 bits per heavy atom. The Kier molecular flexibility index (Phi) is 4.85. The van der Waals surface area contributed by atoms with Crippen molar-refractivity contribution in [2.75, 3.05) is 11.5 Å². The predicted molar refractivity (Wildman–Crippen MR) is 102 cm³/mol. The summed E-state index contributed by atoms with van der Waals surface area (Å²) in [6.45, 7) is 6.88.